The fraction of sp³-hybridized carbons (Fsp3) is 0.917. The van der Waals surface area contributed by atoms with Crippen molar-refractivity contribution in [1.29, 1.82) is 0 Å². The molecule has 0 aromatic carbocycles. The molecule has 2 atom stereocenters. The standard InChI is InChI=1S/C12H20F3NO2/c1-8(2)16(7-11(17)18)10-5-3-4-9(6-10)12(13,14)15/h8-10H,3-7H2,1-2H3,(H,17,18). The minimum Gasteiger partial charge on any atom is -0.480 e. The molecular weight excluding hydrogens is 247 g/mol. The Morgan fingerprint density at radius 2 is 2.00 bits per heavy atom. The molecule has 0 aliphatic heterocycles. The predicted octanol–water partition coefficient (Wildman–Crippen LogP) is 2.90. The lowest BCUT2D eigenvalue weighted by atomic mass is 9.84. The van der Waals surface area contributed by atoms with Gasteiger partial charge in [0, 0.05) is 12.1 Å². The van der Waals surface area contributed by atoms with Crippen LogP contribution in [-0.4, -0.2) is 40.8 Å². The van der Waals surface area contributed by atoms with Gasteiger partial charge < -0.3 is 5.11 Å². The molecule has 0 amide bonds. The third-order valence-corrected chi connectivity index (χ3v) is 3.56. The number of rotatable bonds is 4. The molecule has 2 unspecified atom stereocenters. The summed E-state index contributed by atoms with van der Waals surface area (Å²) in [7, 11) is 0. The fourth-order valence-corrected chi connectivity index (χ4v) is 2.65. The molecule has 1 aliphatic rings. The topological polar surface area (TPSA) is 40.5 Å². The van der Waals surface area contributed by atoms with Gasteiger partial charge in [-0.1, -0.05) is 6.42 Å². The SMILES string of the molecule is CC(C)N(CC(=O)O)C1CCCC(C(F)(F)F)C1. The second-order valence-electron chi connectivity index (χ2n) is 5.22. The van der Waals surface area contributed by atoms with Crippen LogP contribution < -0.4 is 0 Å². The average Bonchev–Trinajstić information content (AvgIpc) is 2.24. The van der Waals surface area contributed by atoms with Crippen LogP contribution in [0.1, 0.15) is 39.5 Å². The second kappa shape index (κ2) is 5.91. The van der Waals surface area contributed by atoms with Crippen LogP contribution in [0.25, 0.3) is 0 Å². The van der Waals surface area contributed by atoms with Gasteiger partial charge in [-0.25, -0.2) is 0 Å². The molecule has 1 saturated carbocycles. The fourth-order valence-electron chi connectivity index (χ4n) is 2.65. The minimum atomic E-state index is -4.16. The number of nitrogens with zero attached hydrogens (tertiary/aromatic N) is 1. The molecule has 0 radical (unpaired) electrons. The normalized spacial score (nSPS) is 25.7. The largest absolute Gasteiger partial charge is 0.480 e. The molecule has 1 aliphatic carbocycles. The smallest absolute Gasteiger partial charge is 0.391 e. The molecule has 1 rings (SSSR count). The molecule has 6 heteroatoms. The van der Waals surface area contributed by atoms with Crippen LogP contribution in [0.15, 0.2) is 0 Å². The van der Waals surface area contributed by atoms with Crippen molar-refractivity contribution in [3.05, 3.63) is 0 Å². The Kier molecular flexibility index (Phi) is 5.01. The molecule has 18 heavy (non-hydrogen) atoms. The van der Waals surface area contributed by atoms with E-state index in [1.807, 2.05) is 13.8 Å². The molecule has 0 aromatic heterocycles. The van der Waals surface area contributed by atoms with E-state index in [2.05, 4.69) is 0 Å². The molecule has 0 saturated heterocycles. The van der Waals surface area contributed by atoms with Crippen molar-refractivity contribution in [2.45, 2.75) is 57.8 Å². The van der Waals surface area contributed by atoms with Gasteiger partial charge in [-0.15, -0.1) is 0 Å². The molecule has 0 spiro atoms. The van der Waals surface area contributed by atoms with Gasteiger partial charge >= 0.3 is 12.1 Å². The van der Waals surface area contributed by atoms with Crippen molar-refractivity contribution in [3.8, 4) is 0 Å². The average molecular weight is 267 g/mol. The highest BCUT2D eigenvalue weighted by Crippen LogP contribution is 2.39. The van der Waals surface area contributed by atoms with Crippen molar-refractivity contribution < 1.29 is 23.1 Å². The Morgan fingerprint density at radius 3 is 2.44 bits per heavy atom. The number of aliphatic carboxylic acids is 1. The van der Waals surface area contributed by atoms with Gasteiger partial charge in [0.05, 0.1) is 12.5 Å². The summed E-state index contributed by atoms with van der Waals surface area (Å²) in [5.74, 6) is -2.27. The third-order valence-electron chi connectivity index (χ3n) is 3.56. The van der Waals surface area contributed by atoms with E-state index in [-0.39, 0.29) is 31.5 Å². The van der Waals surface area contributed by atoms with Gasteiger partial charge in [0.1, 0.15) is 0 Å². The number of hydrogen-bond acceptors (Lipinski definition) is 2. The van der Waals surface area contributed by atoms with Crippen LogP contribution in [-0.2, 0) is 4.79 Å². The highest BCUT2D eigenvalue weighted by molar-refractivity contribution is 5.69. The summed E-state index contributed by atoms with van der Waals surface area (Å²) in [5, 5.41) is 8.83. The van der Waals surface area contributed by atoms with Crippen LogP contribution in [0.5, 0.6) is 0 Å². The zero-order valence-electron chi connectivity index (χ0n) is 10.7. The Morgan fingerprint density at radius 1 is 1.39 bits per heavy atom. The van der Waals surface area contributed by atoms with Gasteiger partial charge in [-0.3, -0.25) is 9.69 Å². The van der Waals surface area contributed by atoms with Gasteiger partial charge in [0.25, 0.3) is 0 Å². The summed E-state index contributed by atoms with van der Waals surface area (Å²) in [6.07, 6.45) is -2.81. The number of alkyl halides is 3. The molecular formula is C12H20F3NO2. The first-order chi connectivity index (χ1) is 8.21. The number of carboxylic acid groups (broad SMARTS) is 1. The van der Waals surface area contributed by atoms with E-state index in [9.17, 15) is 18.0 Å². The number of hydrogen-bond donors (Lipinski definition) is 1. The monoisotopic (exact) mass is 267 g/mol. The number of carbonyl (C=O) groups is 1. The summed E-state index contributed by atoms with van der Waals surface area (Å²) in [5.41, 5.74) is 0. The lowest BCUT2D eigenvalue weighted by molar-refractivity contribution is -0.187. The van der Waals surface area contributed by atoms with E-state index in [4.69, 9.17) is 5.11 Å². The van der Waals surface area contributed by atoms with E-state index in [0.717, 1.165) is 0 Å². The summed E-state index contributed by atoms with van der Waals surface area (Å²) in [6.45, 7) is 3.45. The summed E-state index contributed by atoms with van der Waals surface area (Å²) in [4.78, 5) is 12.4. The Hall–Kier alpha value is -0.780. The maximum absolute atomic E-state index is 12.7. The van der Waals surface area contributed by atoms with Crippen LogP contribution in [0, 0.1) is 5.92 Å². The van der Waals surface area contributed by atoms with Crippen molar-refractivity contribution in [1.82, 2.24) is 4.90 Å². The first kappa shape index (κ1) is 15.3. The second-order valence-corrected chi connectivity index (χ2v) is 5.22. The first-order valence-corrected chi connectivity index (χ1v) is 6.26. The van der Waals surface area contributed by atoms with Gasteiger partial charge in [-0.2, -0.15) is 13.2 Å². The molecule has 0 aromatic rings. The van der Waals surface area contributed by atoms with E-state index >= 15 is 0 Å². The van der Waals surface area contributed by atoms with Gasteiger partial charge in [0.2, 0.25) is 0 Å². The predicted molar refractivity (Wildman–Crippen MR) is 61.3 cm³/mol. The Bertz CT molecular complexity index is 292. The van der Waals surface area contributed by atoms with Crippen molar-refractivity contribution >= 4 is 5.97 Å². The van der Waals surface area contributed by atoms with Gasteiger partial charge in [0.15, 0.2) is 0 Å². The zero-order chi connectivity index (χ0) is 13.9. The molecule has 0 heterocycles. The maximum Gasteiger partial charge on any atom is 0.391 e. The van der Waals surface area contributed by atoms with Crippen molar-refractivity contribution in [3.63, 3.8) is 0 Å². The maximum atomic E-state index is 12.7. The van der Waals surface area contributed by atoms with Gasteiger partial charge in [-0.05, 0) is 33.1 Å². The summed E-state index contributed by atoms with van der Waals surface area (Å²) < 4.78 is 38.1. The Balaban J connectivity index is 2.71. The van der Waals surface area contributed by atoms with E-state index in [0.29, 0.717) is 12.8 Å². The van der Waals surface area contributed by atoms with E-state index in [1.54, 1.807) is 4.90 Å². The lowest BCUT2D eigenvalue weighted by Gasteiger charge is -2.39. The highest BCUT2D eigenvalue weighted by Gasteiger charge is 2.43. The van der Waals surface area contributed by atoms with E-state index < -0.39 is 18.1 Å². The first-order valence-electron chi connectivity index (χ1n) is 6.26. The molecule has 1 fully saturated rings. The molecule has 106 valence electrons. The molecule has 0 bridgehead atoms. The minimum absolute atomic E-state index is 0.0228. The van der Waals surface area contributed by atoms with Crippen molar-refractivity contribution in [2.24, 2.45) is 5.92 Å². The lowest BCUT2D eigenvalue weighted by Crippen LogP contribution is -2.47. The summed E-state index contributed by atoms with van der Waals surface area (Å²) >= 11 is 0. The quantitative estimate of drug-likeness (QED) is 0.851. The zero-order valence-corrected chi connectivity index (χ0v) is 10.7. The Labute approximate surface area is 105 Å². The number of carboxylic acids is 1. The van der Waals surface area contributed by atoms with Crippen LogP contribution in [0.3, 0.4) is 0 Å². The van der Waals surface area contributed by atoms with E-state index in [1.165, 1.54) is 0 Å². The van der Waals surface area contributed by atoms with Crippen molar-refractivity contribution in [2.75, 3.05) is 6.54 Å². The highest BCUT2D eigenvalue weighted by atomic mass is 19.4. The van der Waals surface area contributed by atoms with Crippen LogP contribution >= 0.6 is 0 Å². The van der Waals surface area contributed by atoms with Crippen LogP contribution in [0.4, 0.5) is 13.2 Å². The summed E-state index contributed by atoms with van der Waals surface area (Å²) in [6, 6.07) is -0.334. The number of halogens is 3. The van der Waals surface area contributed by atoms with Crippen LogP contribution in [0.2, 0.25) is 0 Å². The third kappa shape index (κ3) is 4.15. The molecule has 3 nitrogen and oxygen atoms in total. The molecule has 1 N–H and O–H groups in total.